The van der Waals surface area contributed by atoms with Gasteiger partial charge in [-0.05, 0) is 17.5 Å². The van der Waals surface area contributed by atoms with Gasteiger partial charge >= 0.3 is 0 Å². The molecule has 23 heavy (non-hydrogen) atoms. The Bertz CT molecular complexity index is 625. The van der Waals surface area contributed by atoms with Gasteiger partial charge in [-0.25, -0.2) is 0 Å². The van der Waals surface area contributed by atoms with E-state index in [2.05, 4.69) is 70.7 Å². The lowest BCUT2D eigenvalue weighted by Crippen LogP contribution is -2.43. The van der Waals surface area contributed by atoms with Crippen molar-refractivity contribution in [2.45, 2.75) is 31.8 Å². The normalized spacial score (nSPS) is 20.6. The number of hydrogen-bond acceptors (Lipinski definition) is 3. The minimum atomic E-state index is 0.472. The molecule has 0 radical (unpaired) electrons. The summed E-state index contributed by atoms with van der Waals surface area (Å²) in [7, 11) is 1.63. The Kier molecular flexibility index (Phi) is 5.43. The van der Waals surface area contributed by atoms with Crippen molar-refractivity contribution >= 4 is 5.71 Å². The van der Waals surface area contributed by atoms with Crippen LogP contribution in [0.4, 0.5) is 0 Å². The fraction of sp³-hybridized carbons (Fsp3) is 0.350. The molecule has 120 valence electrons. The largest absolute Gasteiger partial charge is 0.399 e. The van der Waals surface area contributed by atoms with E-state index >= 15 is 0 Å². The van der Waals surface area contributed by atoms with Crippen molar-refractivity contribution in [2.75, 3.05) is 13.7 Å². The predicted octanol–water partition coefficient (Wildman–Crippen LogP) is 3.90. The molecule has 1 aliphatic heterocycles. The van der Waals surface area contributed by atoms with Crippen LogP contribution in [0.3, 0.4) is 0 Å². The Morgan fingerprint density at radius 1 is 1.00 bits per heavy atom. The van der Waals surface area contributed by atoms with Gasteiger partial charge in [0.25, 0.3) is 0 Å². The van der Waals surface area contributed by atoms with E-state index in [1.807, 2.05) is 0 Å². The second kappa shape index (κ2) is 7.93. The van der Waals surface area contributed by atoms with Gasteiger partial charge in [-0.1, -0.05) is 65.8 Å². The van der Waals surface area contributed by atoms with E-state index < -0.39 is 0 Å². The first-order valence-electron chi connectivity index (χ1n) is 8.26. The summed E-state index contributed by atoms with van der Waals surface area (Å²) in [6.45, 7) is 2.03. The van der Waals surface area contributed by atoms with E-state index in [0.717, 1.165) is 32.4 Å². The highest BCUT2D eigenvalue weighted by Gasteiger charge is 2.26. The zero-order valence-electron chi connectivity index (χ0n) is 13.7. The van der Waals surface area contributed by atoms with Gasteiger partial charge in [-0.15, -0.1) is 0 Å². The van der Waals surface area contributed by atoms with Crippen LogP contribution in [0.25, 0.3) is 0 Å². The average Bonchev–Trinajstić information content (AvgIpc) is 2.59. The molecule has 1 atom stereocenters. The van der Waals surface area contributed by atoms with Crippen molar-refractivity contribution in [1.29, 1.82) is 0 Å². The summed E-state index contributed by atoms with van der Waals surface area (Å²) >= 11 is 0. The molecule has 0 spiro atoms. The SMILES string of the molecule is CON=C1CCN(Cc2ccccc2)[C@H](Cc2ccccc2)C1. The second-order valence-corrected chi connectivity index (χ2v) is 6.09. The lowest BCUT2D eigenvalue weighted by Gasteiger charge is -2.36. The third kappa shape index (κ3) is 4.42. The minimum absolute atomic E-state index is 0.472. The Labute approximate surface area is 138 Å². The highest BCUT2D eigenvalue weighted by molar-refractivity contribution is 5.85. The van der Waals surface area contributed by atoms with Gasteiger partial charge in [-0.3, -0.25) is 4.90 Å². The molecule has 0 saturated carbocycles. The molecule has 3 nitrogen and oxygen atoms in total. The van der Waals surface area contributed by atoms with E-state index in [4.69, 9.17) is 4.84 Å². The summed E-state index contributed by atoms with van der Waals surface area (Å²) in [5, 5.41) is 4.21. The fourth-order valence-electron chi connectivity index (χ4n) is 3.28. The number of benzene rings is 2. The van der Waals surface area contributed by atoms with Crippen molar-refractivity contribution in [2.24, 2.45) is 5.16 Å². The van der Waals surface area contributed by atoms with Crippen molar-refractivity contribution in [3.05, 3.63) is 71.8 Å². The molecule has 3 heteroatoms. The Hall–Kier alpha value is -2.13. The summed E-state index contributed by atoms with van der Waals surface area (Å²) in [6.07, 6.45) is 3.03. The molecular formula is C20H24N2O. The maximum atomic E-state index is 5.00. The number of nitrogens with zero attached hydrogens (tertiary/aromatic N) is 2. The Balaban J connectivity index is 1.74. The van der Waals surface area contributed by atoms with Gasteiger partial charge in [0.1, 0.15) is 7.11 Å². The standard InChI is InChI=1S/C20H24N2O/c1-23-21-19-12-13-22(16-18-10-6-3-7-11-18)20(15-19)14-17-8-4-2-5-9-17/h2-11,20H,12-16H2,1H3/t20-/m1/s1. The lowest BCUT2D eigenvalue weighted by molar-refractivity contribution is 0.169. The summed E-state index contributed by atoms with van der Waals surface area (Å²) in [5.41, 5.74) is 3.93. The summed E-state index contributed by atoms with van der Waals surface area (Å²) < 4.78 is 0. The summed E-state index contributed by atoms with van der Waals surface area (Å²) in [6, 6.07) is 21.9. The molecule has 0 unspecified atom stereocenters. The molecule has 0 bridgehead atoms. The van der Waals surface area contributed by atoms with Gasteiger partial charge in [0.15, 0.2) is 0 Å². The van der Waals surface area contributed by atoms with E-state index in [1.165, 1.54) is 16.8 Å². The fourth-order valence-corrected chi connectivity index (χ4v) is 3.28. The van der Waals surface area contributed by atoms with E-state index in [1.54, 1.807) is 7.11 Å². The maximum absolute atomic E-state index is 5.00. The topological polar surface area (TPSA) is 24.8 Å². The average molecular weight is 308 g/mol. The van der Waals surface area contributed by atoms with Crippen molar-refractivity contribution in [1.82, 2.24) is 4.90 Å². The first-order chi connectivity index (χ1) is 11.3. The molecule has 1 fully saturated rings. The van der Waals surface area contributed by atoms with Crippen LogP contribution in [0, 0.1) is 0 Å². The highest BCUT2D eigenvalue weighted by atomic mass is 16.6. The molecule has 3 rings (SSSR count). The molecule has 0 aromatic heterocycles. The zero-order chi connectivity index (χ0) is 15.9. The van der Waals surface area contributed by atoms with Gasteiger partial charge in [0.05, 0.1) is 5.71 Å². The van der Waals surface area contributed by atoms with Crippen LogP contribution >= 0.6 is 0 Å². The van der Waals surface area contributed by atoms with Gasteiger partial charge in [0, 0.05) is 32.0 Å². The predicted molar refractivity (Wildman–Crippen MR) is 94.5 cm³/mol. The van der Waals surface area contributed by atoms with Gasteiger partial charge < -0.3 is 4.84 Å². The van der Waals surface area contributed by atoms with Crippen LogP contribution in [0.5, 0.6) is 0 Å². The minimum Gasteiger partial charge on any atom is -0.399 e. The summed E-state index contributed by atoms with van der Waals surface area (Å²) in [5.74, 6) is 0. The summed E-state index contributed by atoms with van der Waals surface area (Å²) in [4.78, 5) is 7.58. The van der Waals surface area contributed by atoms with Gasteiger partial charge in [0.2, 0.25) is 0 Å². The quantitative estimate of drug-likeness (QED) is 0.783. The molecule has 0 amide bonds. The second-order valence-electron chi connectivity index (χ2n) is 6.09. The number of piperidine rings is 1. The first-order valence-corrected chi connectivity index (χ1v) is 8.26. The number of oxime groups is 1. The maximum Gasteiger partial charge on any atom is 0.106 e. The molecule has 2 aromatic carbocycles. The van der Waals surface area contributed by atoms with Gasteiger partial charge in [-0.2, -0.15) is 0 Å². The number of rotatable bonds is 5. The monoisotopic (exact) mass is 308 g/mol. The van der Waals surface area contributed by atoms with Crippen molar-refractivity contribution < 1.29 is 4.84 Å². The molecule has 1 aliphatic rings. The third-order valence-corrected chi connectivity index (χ3v) is 4.44. The van der Waals surface area contributed by atoms with E-state index in [-0.39, 0.29) is 0 Å². The van der Waals surface area contributed by atoms with Crippen LogP contribution in [-0.2, 0) is 17.8 Å². The smallest absolute Gasteiger partial charge is 0.106 e. The number of hydrogen-bond donors (Lipinski definition) is 0. The Morgan fingerprint density at radius 3 is 2.30 bits per heavy atom. The number of likely N-dealkylation sites (tertiary alicyclic amines) is 1. The molecule has 2 aromatic rings. The van der Waals surface area contributed by atoms with E-state index in [9.17, 15) is 0 Å². The lowest BCUT2D eigenvalue weighted by atomic mass is 9.93. The van der Waals surface area contributed by atoms with Crippen LogP contribution in [0.15, 0.2) is 65.8 Å². The van der Waals surface area contributed by atoms with E-state index in [0.29, 0.717) is 6.04 Å². The molecule has 1 heterocycles. The van der Waals surface area contributed by atoms with Crippen LogP contribution in [0.1, 0.15) is 24.0 Å². The Morgan fingerprint density at radius 2 is 1.65 bits per heavy atom. The van der Waals surface area contributed by atoms with Crippen LogP contribution < -0.4 is 0 Å². The molecule has 0 aliphatic carbocycles. The molecular weight excluding hydrogens is 284 g/mol. The molecule has 0 N–H and O–H groups in total. The van der Waals surface area contributed by atoms with Crippen LogP contribution in [-0.4, -0.2) is 30.3 Å². The van der Waals surface area contributed by atoms with Crippen molar-refractivity contribution in [3.8, 4) is 0 Å². The third-order valence-electron chi connectivity index (χ3n) is 4.44. The zero-order valence-corrected chi connectivity index (χ0v) is 13.7. The first kappa shape index (κ1) is 15.8. The van der Waals surface area contributed by atoms with Crippen LogP contribution in [0.2, 0.25) is 0 Å². The van der Waals surface area contributed by atoms with Crippen molar-refractivity contribution in [3.63, 3.8) is 0 Å². The highest BCUT2D eigenvalue weighted by Crippen LogP contribution is 2.22. The molecule has 1 saturated heterocycles.